The molecular formula is C25H35N7O6. The number of carbonyl (C=O) groups is 5. The summed E-state index contributed by atoms with van der Waals surface area (Å²) >= 11 is 0. The quantitative estimate of drug-likeness (QED) is 0.151. The van der Waals surface area contributed by atoms with E-state index in [9.17, 15) is 29.1 Å². The minimum atomic E-state index is -1.58. The van der Waals surface area contributed by atoms with Crippen molar-refractivity contribution in [3.8, 4) is 0 Å². The minimum Gasteiger partial charge on any atom is -0.480 e. The Morgan fingerprint density at radius 2 is 1.63 bits per heavy atom. The first-order chi connectivity index (χ1) is 18.0. The number of nitrogens with one attached hydrogen (secondary N) is 4. The van der Waals surface area contributed by atoms with Crippen molar-refractivity contribution in [2.75, 3.05) is 0 Å². The molecule has 2 rings (SSSR count). The highest BCUT2D eigenvalue weighted by Gasteiger charge is 2.33. The number of aliphatic carboxylic acids is 1. The van der Waals surface area contributed by atoms with Crippen LogP contribution in [0.25, 0.3) is 0 Å². The molecule has 0 bridgehead atoms. The van der Waals surface area contributed by atoms with Crippen molar-refractivity contribution in [2.45, 2.75) is 63.7 Å². The summed E-state index contributed by atoms with van der Waals surface area (Å²) in [6.45, 7) is 3.61. The van der Waals surface area contributed by atoms with E-state index in [1.165, 1.54) is 12.5 Å². The van der Waals surface area contributed by atoms with Gasteiger partial charge in [0.15, 0.2) is 0 Å². The van der Waals surface area contributed by atoms with Crippen LogP contribution in [0, 0.1) is 5.92 Å². The van der Waals surface area contributed by atoms with Crippen LogP contribution in [0.5, 0.6) is 0 Å². The maximum Gasteiger partial charge on any atom is 0.326 e. The van der Waals surface area contributed by atoms with Gasteiger partial charge in [0.25, 0.3) is 0 Å². The number of hydrogen-bond donors (Lipinski definition) is 7. The van der Waals surface area contributed by atoms with Crippen molar-refractivity contribution in [3.63, 3.8) is 0 Å². The highest BCUT2D eigenvalue weighted by atomic mass is 16.4. The monoisotopic (exact) mass is 529 g/mol. The van der Waals surface area contributed by atoms with Crippen LogP contribution in [0.2, 0.25) is 0 Å². The number of rotatable bonds is 15. The van der Waals surface area contributed by atoms with Crippen molar-refractivity contribution < 1.29 is 29.1 Å². The molecule has 4 amide bonds. The van der Waals surface area contributed by atoms with Crippen LogP contribution in [-0.2, 0) is 36.8 Å². The lowest BCUT2D eigenvalue weighted by atomic mass is 9.96. The number of carboxylic acid groups (broad SMARTS) is 1. The zero-order chi connectivity index (χ0) is 28.2. The maximum atomic E-state index is 13.3. The number of aromatic amines is 1. The summed E-state index contributed by atoms with van der Waals surface area (Å²) in [6.07, 6.45) is 2.94. The zero-order valence-electron chi connectivity index (χ0n) is 21.3. The Labute approximate surface area is 220 Å². The van der Waals surface area contributed by atoms with Crippen molar-refractivity contribution >= 4 is 29.6 Å². The summed E-state index contributed by atoms with van der Waals surface area (Å²) in [4.78, 5) is 68.7. The summed E-state index contributed by atoms with van der Waals surface area (Å²) < 4.78 is 0. The molecule has 0 aliphatic carbocycles. The molecule has 5 unspecified atom stereocenters. The fourth-order valence-electron chi connectivity index (χ4n) is 3.68. The first-order valence-corrected chi connectivity index (χ1v) is 12.2. The van der Waals surface area contributed by atoms with E-state index < -0.39 is 60.2 Å². The number of H-pyrrole nitrogens is 1. The average Bonchev–Trinajstić information content (AvgIpc) is 3.39. The third-order valence-electron chi connectivity index (χ3n) is 6.06. The van der Waals surface area contributed by atoms with Crippen molar-refractivity contribution in [3.05, 3.63) is 54.1 Å². The summed E-state index contributed by atoms with van der Waals surface area (Å²) in [5, 5.41) is 16.9. The SMILES string of the molecule is CCC(C)C(NC(=O)C(N)Cc1ccccc1)C(=O)NC(Cc1cnc[nH]1)C(=O)NC(CC(N)=O)C(=O)O. The molecule has 38 heavy (non-hydrogen) atoms. The van der Waals surface area contributed by atoms with E-state index in [1.54, 1.807) is 6.92 Å². The van der Waals surface area contributed by atoms with Gasteiger partial charge in [-0.3, -0.25) is 19.2 Å². The molecule has 0 saturated heterocycles. The molecule has 0 aliphatic heterocycles. The van der Waals surface area contributed by atoms with Crippen molar-refractivity contribution in [1.82, 2.24) is 25.9 Å². The lowest BCUT2D eigenvalue weighted by Gasteiger charge is -2.28. The molecule has 0 fully saturated rings. The van der Waals surface area contributed by atoms with Gasteiger partial charge >= 0.3 is 5.97 Å². The van der Waals surface area contributed by atoms with Crippen LogP contribution in [-0.4, -0.2) is 68.8 Å². The number of hydrogen-bond acceptors (Lipinski definition) is 7. The van der Waals surface area contributed by atoms with Gasteiger partial charge in [0.1, 0.15) is 18.1 Å². The van der Waals surface area contributed by atoms with Crippen LogP contribution in [0.3, 0.4) is 0 Å². The topological polar surface area (TPSA) is 222 Å². The second-order valence-electron chi connectivity index (χ2n) is 9.08. The first-order valence-electron chi connectivity index (χ1n) is 12.2. The molecule has 0 radical (unpaired) electrons. The third kappa shape index (κ3) is 9.32. The second kappa shape index (κ2) is 14.5. The standard InChI is InChI=1S/C25H35N7O6/c1-3-14(2)21(32-22(34)17(26)9-15-7-5-4-6-8-15)24(36)30-18(10-16-12-28-13-29-16)23(35)31-19(25(37)38)11-20(27)33/h4-8,12-14,17-19,21H,3,9-11,26H2,1-2H3,(H2,27,33)(H,28,29)(H,30,36)(H,31,35)(H,32,34)(H,37,38). The molecule has 13 heteroatoms. The van der Waals surface area contributed by atoms with Gasteiger partial charge < -0.3 is 37.5 Å². The van der Waals surface area contributed by atoms with Gasteiger partial charge in [-0.25, -0.2) is 9.78 Å². The number of nitrogens with two attached hydrogens (primary N) is 2. The van der Waals surface area contributed by atoms with E-state index in [0.717, 1.165) is 5.56 Å². The van der Waals surface area contributed by atoms with E-state index in [2.05, 4.69) is 25.9 Å². The number of amides is 4. The minimum absolute atomic E-state index is 0.0603. The molecule has 9 N–H and O–H groups in total. The molecular weight excluding hydrogens is 494 g/mol. The molecule has 1 heterocycles. The Morgan fingerprint density at radius 1 is 0.974 bits per heavy atom. The van der Waals surface area contributed by atoms with E-state index in [1.807, 2.05) is 37.3 Å². The van der Waals surface area contributed by atoms with E-state index in [-0.39, 0.29) is 18.8 Å². The van der Waals surface area contributed by atoms with E-state index in [4.69, 9.17) is 11.5 Å². The molecule has 0 aliphatic rings. The average molecular weight is 530 g/mol. The van der Waals surface area contributed by atoms with Gasteiger partial charge in [-0.05, 0) is 17.9 Å². The fraction of sp³-hybridized carbons (Fsp3) is 0.440. The van der Waals surface area contributed by atoms with Crippen LogP contribution >= 0.6 is 0 Å². The number of imidazole rings is 1. The highest BCUT2D eigenvalue weighted by Crippen LogP contribution is 2.11. The van der Waals surface area contributed by atoms with Gasteiger partial charge in [0.2, 0.25) is 23.6 Å². The number of primary amides is 1. The van der Waals surface area contributed by atoms with Crippen LogP contribution in [0.4, 0.5) is 0 Å². The molecule has 206 valence electrons. The maximum absolute atomic E-state index is 13.3. The number of aromatic nitrogens is 2. The van der Waals surface area contributed by atoms with Gasteiger partial charge in [-0.1, -0.05) is 50.6 Å². The highest BCUT2D eigenvalue weighted by molar-refractivity contribution is 5.95. The zero-order valence-corrected chi connectivity index (χ0v) is 21.3. The Bertz CT molecular complexity index is 1090. The Hall–Kier alpha value is -4.26. The summed E-state index contributed by atoms with van der Waals surface area (Å²) in [5.74, 6) is -4.73. The summed E-state index contributed by atoms with van der Waals surface area (Å²) in [6, 6.07) is 4.43. The van der Waals surface area contributed by atoms with Gasteiger partial charge in [0, 0.05) is 18.3 Å². The molecule has 0 spiro atoms. The molecule has 0 saturated carbocycles. The summed E-state index contributed by atoms with van der Waals surface area (Å²) in [7, 11) is 0. The van der Waals surface area contributed by atoms with Crippen LogP contribution < -0.4 is 27.4 Å². The predicted octanol–water partition coefficient (Wildman–Crippen LogP) is -1.02. The van der Waals surface area contributed by atoms with Crippen LogP contribution in [0.1, 0.15) is 37.9 Å². The first kappa shape index (κ1) is 30.0. The van der Waals surface area contributed by atoms with Gasteiger partial charge in [0.05, 0.1) is 18.8 Å². The molecule has 2 aromatic rings. The molecule has 5 atom stereocenters. The van der Waals surface area contributed by atoms with Crippen LogP contribution in [0.15, 0.2) is 42.9 Å². The normalized spacial score (nSPS) is 14.8. The Morgan fingerprint density at radius 3 is 2.18 bits per heavy atom. The molecule has 1 aromatic carbocycles. The second-order valence-corrected chi connectivity index (χ2v) is 9.08. The van der Waals surface area contributed by atoms with Crippen molar-refractivity contribution in [2.24, 2.45) is 17.4 Å². The van der Waals surface area contributed by atoms with E-state index >= 15 is 0 Å². The number of carboxylic acids is 1. The lowest BCUT2D eigenvalue weighted by Crippen LogP contribution is -2.59. The summed E-state index contributed by atoms with van der Waals surface area (Å²) in [5.41, 5.74) is 12.5. The molecule has 13 nitrogen and oxygen atoms in total. The van der Waals surface area contributed by atoms with Gasteiger partial charge in [-0.2, -0.15) is 0 Å². The lowest BCUT2D eigenvalue weighted by molar-refractivity contribution is -0.143. The largest absolute Gasteiger partial charge is 0.480 e. The third-order valence-corrected chi connectivity index (χ3v) is 6.06. The number of nitrogens with zero attached hydrogens (tertiary/aromatic N) is 1. The van der Waals surface area contributed by atoms with Crippen molar-refractivity contribution in [1.29, 1.82) is 0 Å². The predicted molar refractivity (Wildman–Crippen MR) is 137 cm³/mol. The number of benzene rings is 1. The molecule has 1 aromatic heterocycles. The number of carbonyl (C=O) groups excluding carboxylic acids is 4. The smallest absolute Gasteiger partial charge is 0.326 e. The van der Waals surface area contributed by atoms with Gasteiger partial charge in [-0.15, -0.1) is 0 Å². The fourth-order valence-corrected chi connectivity index (χ4v) is 3.68. The van der Waals surface area contributed by atoms with E-state index in [0.29, 0.717) is 12.1 Å². The Balaban J connectivity index is 2.19. The Kier molecular flexibility index (Phi) is 11.4.